The van der Waals surface area contributed by atoms with Crippen molar-refractivity contribution in [1.82, 2.24) is 0 Å². The van der Waals surface area contributed by atoms with Crippen molar-refractivity contribution in [2.75, 3.05) is 0 Å². The Bertz CT molecular complexity index is 590. The number of carboxylic acid groups (broad SMARTS) is 1. The number of benzene rings is 1. The third-order valence-electron chi connectivity index (χ3n) is 6.42. The number of ether oxygens (including phenoxy) is 1. The molecule has 0 amide bonds. The van der Waals surface area contributed by atoms with Crippen LogP contribution in [0.15, 0.2) is 18.2 Å². The average Bonchev–Trinajstić information content (AvgIpc) is 2.71. The Kier molecular flexibility index (Phi) is 3.09. The lowest BCUT2D eigenvalue weighted by molar-refractivity contribution is 0.0301. The average molecular weight is 288 g/mol. The highest BCUT2D eigenvalue weighted by molar-refractivity contribution is 5.89. The quantitative estimate of drug-likeness (QED) is 0.902. The van der Waals surface area contributed by atoms with E-state index in [-0.39, 0.29) is 11.5 Å². The molecule has 2 saturated carbocycles. The fourth-order valence-electron chi connectivity index (χ4n) is 4.42. The first-order valence-electron chi connectivity index (χ1n) is 7.76. The molecule has 3 heteroatoms. The van der Waals surface area contributed by atoms with Gasteiger partial charge in [-0.1, -0.05) is 20.8 Å². The summed E-state index contributed by atoms with van der Waals surface area (Å²) in [7, 11) is 0. The molecule has 2 aliphatic rings. The number of rotatable bonds is 3. The molecule has 114 valence electrons. The summed E-state index contributed by atoms with van der Waals surface area (Å²) in [6, 6.07) is 5.29. The van der Waals surface area contributed by atoms with Gasteiger partial charge in [0.1, 0.15) is 11.9 Å². The van der Waals surface area contributed by atoms with Crippen LogP contribution in [0.25, 0.3) is 0 Å². The van der Waals surface area contributed by atoms with E-state index in [2.05, 4.69) is 20.8 Å². The lowest BCUT2D eigenvalue weighted by Gasteiger charge is -2.38. The fraction of sp³-hybridized carbons (Fsp3) is 0.611. The Labute approximate surface area is 126 Å². The molecule has 2 bridgehead atoms. The Morgan fingerprint density at radius 2 is 2.05 bits per heavy atom. The van der Waals surface area contributed by atoms with Crippen molar-refractivity contribution in [3.63, 3.8) is 0 Å². The first kappa shape index (κ1) is 14.4. The summed E-state index contributed by atoms with van der Waals surface area (Å²) in [5, 5.41) is 9.10. The van der Waals surface area contributed by atoms with Crippen molar-refractivity contribution in [1.29, 1.82) is 0 Å². The van der Waals surface area contributed by atoms with Gasteiger partial charge >= 0.3 is 5.97 Å². The van der Waals surface area contributed by atoms with Gasteiger partial charge in [-0.3, -0.25) is 0 Å². The van der Waals surface area contributed by atoms with E-state index in [1.807, 2.05) is 13.0 Å². The van der Waals surface area contributed by atoms with Crippen LogP contribution < -0.4 is 4.74 Å². The predicted octanol–water partition coefficient (Wildman–Crippen LogP) is 4.29. The number of carboxylic acids is 1. The van der Waals surface area contributed by atoms with Crippen LogP contribution in [-0.2, 0) is 0 Å². The van der Waals surface area contributed by atoms with Gasteiger partial charge in [0.2, 0.25) is 0 Å². The summed E-state index contributed by atoms with van der Waals surface area (Å²) in [6.45, 7) is 8.91. The van der Waals surface area contributed by atoms with E-state index in [1.165, 1.54) is 12.8 Å². The molecule has 3 atom stereocenters. The lowest BCUT2D eigenvalue weighted by Crippen LogP contribution is -2.38. The summed E-state index contributed by atoms with van der Waals surface area (Å²) >= 11 is 0. The molecule has 21 heavy (non-hydrogen) atoms. The van der Waals surface area contributed by atoms with Gasteiger partial charge < -0.3 is 9.84 Å². The normalized spacial score (nSPS) is 33.1. The third kappa shape index (κ3) is 1.97. The molecule has 1 N–H and O–H groups in total. The lowest BCUT2D eigenvalue weighted by atomic mass is 9.70. The van der Waals surface area contributed by atoms with E-state index in [0.717, 1.165) is 23.7 Å². The van der Waals surface area contributed by atoms with E-state index in [4.69, 9.17) is 9.84 Å². The maximum atomic E-state index is 11.1. The molecular weight excluding hydrogens is 264 g/mol. The largest absolute Gasteiger partial charge is 0.490 e. The topological polar surface area (TPSA) is 46.5 Å². The first-order chi connectivity index (χ1) is 9.75. The zero-order valence-corrected chi connectivity index (χ0v) is 13.3. The highest BCUT2D eigenvalue weighted by Gasteiger charge is 2.62. The Morgan fingerprint density at radius 3 is 2.52 bits per heavy atom. The van der Waals surface area contributed by atoms with E-state index in [9.17, 15) is 4.79 Å². The van der Waals surface area contributed by atoms with Crippen LogP contribution in [0.4, 0.5) is 0 Å². The number of hydrogen-bond donors (Lipinski definition) is 1. The summed E-state index contributed by atoms with van der Waals surface area (Å²) < 4.78 is 6.27. The molecule has 0 spiro atoms. The zero-order chi connectivity index (χ0) is 15.4. The molecule has 3 rings (SSSR count). The van der Waals surface area contributed by atoms with Gasteiger partial charge in [0.05, 0.1) is 5.56 Å². The monoisotopic (exact) mass is 288 g/mol. The van der Waals surface area contributed by atoms with E-state index < -0.39 is 5.97 Å². The molecule has 0 radical (unpaired) electrons. The summed E-state index contributed by atoms with van der Waals surface area (Å²) in [5.74, 6) is 0.658. The molecule has 0 aliphatic heterocycles. The van der Waals surface area contributed by atoms with Crippen LogP contribution in [0, 0.1) is 23.7 Å². The van der Waals surface area contributed by atoms with Crippen LogP contribution in [0.5, 0.6) is 5.75 Å². The van der Waals surface area contributed by atoms with Crippen LogP contribution in [0.3, 0.4) is 0 Å². The minimum absolute atomic E-state index is 0.219. The second-order valence-electron chi connectivity index (χ2n) is 7.50. The van der Waals surface area contributed by atoms with Gasteiger partial charge in [-0.15, -0.1) is 0 Å². The number of fused-ring (bicyclic) bond motifs is 2. The first-order valence-corrected chi connectivity index (χ1v) is 7.76. The Balaban J connectivity index is 1.83. The second-order valence-corrected chi connectivity index (χ2v) is 7.50. The molecule has 3 nitrogen and oxygen atoms in total. The number of hydrogen-bond acceptors (Lipinski definition) is 2. The van der Waals surface area contributed by atoms with Crippen molar-refractivity contribution in [2.24, 2.45) is 16.7 Å². The van der Waals surface area contributed by atoms with Crippen LogP contribution >= 0.6 is 0 Å². The SMILES string of the molecule is Cc1cc(OC2CC3CCC2(C)C3(C)C)ccc1C(=O)O. The number of aromatic carboxylic acids is 1. The Hall–Kier alpha value is -1.51. The molecule has 0 aromatic heterocycles. The van der Waals surface area contributed by atoms with Gasteiger partial charge in [-0.2, -0.15) is 0 Å². The van der Waals surface area contributed by atoms with Crippen LogP contribution in [0.1, 0.15) is 56.0 Å². The van der Waals surface area contributed by atoms with Gasteiger partial charge in [0, 0.05) is 5.41 Å². The van der Waals surface area contributed by atoms with E-state index in [1.54, 1.807) is 12.1 Å². The van der Waals surface area contributed by atoms with Crippen LogP contribution in [-0.4, -0.2) is 17.2 Å². The highest BCUT2D eigenvalue weighted by atomic mass is 16.5. The van der Waals surface area contributed by atoms with E-state index in [0.29, 0.717) is 11.0 Å². The standard InChI is InChI=1S/C18H24O3/c1-11-9-13(5-6-14(11)16(19)20)21-15-10-12-7-8-18(15,4)17(12,2)3/h5-6,9,12,15H,7-8,10H2,1-4H3,(H,19,20). The fourth-order valence-corrected chi connectivity index (χ4v) is 4.42. The van der Waals surface area contributed by atoms with Gasteiger partial charge in [0.15, 0.2) is 0 Å². The zero-order valence-electron chi connectivity index (χ0n) is 13.3. The van der Waals surface area contributed by atoms with Gasteiger partial charge in [-0.25, -0.2) is 4.79 Å². The summed E-state index contributed by atoms with van der Waals surface area (Å²) in [4.78, 5) is 11.1. The maximum absolute atomic E-state index is 11.1. The van der Waals surface area contributed by atoms with Crippen LogP contribution in [0.2, 0.25) is 0 Å². The summed E-state index contributed by atoms with van der Waals surface area (Å²) in [5.41, 5.74) is 1.65. The maximum Gasteiger partial charge on any atom is 0.335 e. The molecule has 2 aliphatic carbocycles. The highest BCUT2D eigenvalue weighted by Crippen LogP contribution is 2.66. The van der Waals surface area contributed by atoms with Gasteiger partial charge in [0.25, 0.3) is 0 Å². The smallest absolute Gasteiger partial charge is 0.335 e. The molecule has 1 aromatic rings. The second kappa shape index (κ2) is 4.49. The minimum Gasteiger partial charge on any atom is -0.490 e. The van der Waals surface area contributed by atoms with Crippen molar-refractivity contribution < 1.29 is 14.6 Å². The molecular formula is C18H24O3. The third-order valence-corrected chi connectivity index (χ3v) is 6.42. The molecule has 0 heterocycles. The van der Waals surface area contributed by atoms with Crippen molar-refractivity contribution >= 4 is 5.97 Å². The van der Waals surface area contributed by atoms with Crippen molar-refractivity contribution in [3.05, 3.63) is 29.3 Å². The van der Waals surface area contributed by atoms with Gasteiger partial charge in [-0.05, 0) is 61.3 Å². The number of carbonyl (C=O) groups is 1. The molecule has 2 fully saturated rings. The molecule has 0 saturated heterocycles. The van der Waals surface area contributed by atoms with E-state index >= 15 is 0 Å². The van der Waals surface area contributed by atoms with Crippen molar-refractivity contribution in [3.8, 4) is 5.75 Å². The number of aryl methyl sites for hydroxylation is 1. The van der Waals surface area contributed by atoms with Crippen molar-refractivity contribution in [2.45, 2.75) is 53.1 Å². The predicted molar refractivity (Wildman–Crippen MR) is 81.8 cm³/mol. The summed E-state index contributed by atoms with van der Waals surface area (Å²) in [6.07, 6.45) is 3.88. The molecule has 3 unspecified atom stereocenters. The Morgan fingerprint density at radius 1 is 1.33 bits per heavy atom. The minimum atomic E-state index is -0.882. The molecule has 1 aromatic carbocycles.